The smallest absolute Gasteiger partial charge is 0.172 e. The molecule has 0 fully saturated rings. The molecule has 0 amide bonds. The average Bonchev–Trinajstić information content (AvgIpc) is 2.81. The first-order chi connectivity index (χ1) is 16.2. The standard InChI is InChI=1S/C32H60N/c1-5-7-9-11-13-15-17-19-21-23-25-31-27-32(29-33(28-31)30(3)4)26-24-22-20-18-16-14-12-10-8-6-2/h27-30H,5-26H2,1-4H3/q+1. The highest BCUT2D eigenvalue weighted by molar-refractivity contribution is 5.15. The normalized spacial score (nSPS) is 11.5. The van der Waals surface area contributed by atoms with E-state index in [4.69, 9.17) is 0 Å². The number of nitrogens with zero attached hydrogens (tertiary/aromatic N) is 1. The van der Waals surface area contributed by atoms with Gasteiger partial charge in [0.15, 0.2) is 18.4 Å². The van der Waals surface area contributed by atoms with Crippen molar-refractivity contribution < 1.29 is 4.57 Å². The Morgan fingerprint density at radius 3 is 1.09 bits per heavy atom. The second-order valence-corrected chi connectivity index (χ2v) is 11.0. The number of aryl methyl sites for hydroxylation is 2. The van der Waals surface area contributed by atoms with Crippen molar-refractivity contribution in [2.75, 3.05) is 0 Å². The lowest BCUT2D eigenvalue weighted by molar-refractivity contribution is -0.716. The average molecular weight is 459 g/mol. The molecule has 0 aliphatic rings. The Hall–Kier alpha value is -0.850. The lowest BCUT2D eigenvalue weighted by atomic mass is 10.0. The molecule has 0 aliphatic heterocycles. The van der Waals surface area contributed by atoms with Gasteiger partial charge in [0.05, 0.1) is 0 Å². The maximum Gasteiger partial charge on any atom is 0.172 e. The number of hydrogen-bond donors (Lipinski definition) is 0. The van der Waals surface area contributed by atoms with Crippen LogP contribution in [0.1, 0.15) is 173 Å². The van der Waals surface area contributed by atoms with Gasteiger partial charge in [-0.2, -0.15) is 0 Å². The molecule has 0 aliphatic carbocycles. The zero-order chi connectivity index (χ0) is 24.0. The molecule has 1 aromatic heterocycles. The Kier molecular flexibility index (Phi) is 19.8. The Morgan fingerprint density at radius 2 is 0.788 bits per heavy atom. The van der Waals surface area contributed by atoms with Gasteiger partial charge in [0.1, 0.15) is 0 Å². The minimum Gasteiger partial charge on any atom is -0.203 e. The Labute approximate surface area is 209 Å². The Balaban J connectivity index is 2.21. The molecule has 0 saturated heterocycles. The van der Waals surface area contributed by atoms with Crippen LogP contribution in [0.3, 0.4) is 0 Å². The monoisotopic (exact) mass is 458 g/mol. The van der Waals surface area contributed by atoms with Gasteiger partial charge in [-0.1, -0.05) is 129 Å². The van der Waals surface area contributed by atoms with E-state index >= 15 is 0 Å². The summed E-state index contributed by atoms with van der Waals surface area (Å²) in [5, 5.41) is 0. The van der Waals surface area contributed by atoms with E-state index in [-0.39, 0.29) is 0 Å². The summed E-state index contributed by atoms with van der Waals surface area (Å²) in [6, 6.07) is 3.07. The van der Waals surface area contributed by atoms with Crippen LogP contribution in [-0.2, 0) is 12.8 Å². The summed E-state index contributed by atoms with van der Waals surface area (Å²) in [6.07, 6.45) is 35.8. The van der Waals surface area contributed by atoms with Crippen LogP contribution in [0.5, 0.6) is 0 Å². The SMILES string of the molecule is CCCCCCCCCCCCc1cc(CCCCCCCCCCCC)c[n+](C(C)C)c1. The first kappa shape index (κ1) is 30.2. The fraction of sp³-hybridized carbons (Fsp3) is 0.844. The summed E-state index contributed by atoms with van der Waals surface area (Å²) in [4.78, 5) is 0. The van der Waals surface area contributed by atoms with E-state index < -0.39 is 0 Å². The number of unbranched alkanes of at least 4 members (excludes halogenated alkanes) is 18. The van der Waals surface area contributed by atoms with Crippen molar-refractivity contribution in [3.05, 3.63) is 29.6 Å². The highest BCUT2D eigenvalue weighted by Crippen LogP contribution is 2.15. The predicted octanol–water partition coefficient (Wildman–Crippen LogP) is 10.5. The molecule has 1 rings (SSSR count). The Bertz CT molecular complexity index is 505. The molecular weight excluding hydrogens is 398 g/mol. The van der Waals surface area contributed by atoms with Gasteiger partial charge in [0.2, 0.25) is 0 Å². The molecule has 0 atom stereocenters. The van der Waals surface area contributed by atoms with E-state index in [2.05, 4.69) is 50.7 Å². The molecular formula is C32H60N+. The van der Waals surface area contributed by atoms with Crippen LogP contribution in [0.4, 0.5) is 0 Å². The Morgan fingerprint density at radius 1 is 0.485 bits per heavy atom. The first-order valence-electron chi connectivity index (χ1n) is 15.2. The molecule has 0 radical (unpaired) electrons. The number of pyridine rings is 1. The summed E-state index contributed by atoms with van der Waals surface area (Å²) in [5.74, 6) is 0. The molecule has 0 bridgehead atoms. The lowest BCUT2D eigenvalue weighted by Crippen LogP contribution is -2.36. The largest absolute Gasteiger partial charge is 0.203 e. The zero-order valence-electron chi connectivity index (χ0n) is 23.3. The van der Waals surface area contributed by atoms with Crippen LogP contribution in [0.2, 0.25) is 0 Å². The van der Waals surface area contributed by atoms with E-state index in [1.165, 1.54) is 141 Å². The molecule has 1 heteroatoms. The van der Waals surface area contributed by atoms with Crippen LogP contribution in [0.25, 0.3) is 0 Å². The third-order valence-corrected chi connectivity index (χ3v) is 7.23. The summed E-state index contributed by atoms with van der Waals surface area (Å²) in [7, 11) is 0. The molecule has 1 nitrogen and oxygen atoms in total. The van der Waals surface area contributed by atoms with E-state index in [0.29, 0.717) is 6.04 Å². The van der Waals surface area contributed by atoms with E-state index in [9.17, 15) is 0 Å². The fourth-order valence-electron chi connectivity index (χ4n) is 4.94. The minimum absolute atomic E-state index is 0.559. The van der Waals surface area contributed by atoms with Crippen LogP contribution < -0.4 is 4.57 Å². The molecule has 0 N–H and O–H groups in total. The van der Waals surface area contributed by atoms with Gasteiger partial charge < -0.3 is 0 Å². The molecule has 0 spiro atoms. The summed E-state index contributed by atoms with van der Waals surface area (Å²) in [6.45, 7) is 9.23. The van der Waals surface area contributed by atoms with Gasteiger partial charge >= 0.3 is 0 Å². The van der Waals surface area contributed by atoms with Gasteiger partial charge in [-0.3, -0.25) is 0 Å². The van der Waals surface area contributed by atoms with Crippen LogP contribution in [-0.4, -0.2) is 0 Å². The zero-order valence-corrected chi connectivity index (χ0v) is 23.3. The van der Waals surface area contributed by atoms with E-state index in [0.717, 1.165) is 0 Å². The van der Waals surface area contributed by atoms with Crippen molar-refractivity contribution in [1.82, 2.24) is 0 Å². The summed E-state index contributed by atoms with van der Waals surface area (Å²) < 4.78 is 2.46. The molecule has 0 aromatic carbocycles. The number of hydrogen-bond acceptors (Lipinski definition) is 0. The van der Waals surface area contributed by atoms with Crippen molar-refractivity contribution >= 4 is 0 Å². The third-order valence-electron chi connectivity index (χ3n) is 7.23. The van der Waals surface area contributed by atoms with E-state index in [1.54, 1.807) is 11.1 Å². The van der Waals surface area contributed by atoms with Crippen molar-refractivity contribution in [2.45, 2.75) is 175 Å². The quantitative estimate of drug-likeness (QED) is 0.113. The summed E-state index contributed by atoms with van der Waals surface area (Å²) in [5.41, 5.74) is 3.13. The van der Waals surface area contributed by atoms with Crippen molar-refractivity contribution in [3.63, 3.8) is 0 Å². The molecule has 0 unspecified atom stereocenters. The minimum atomic E-state index is 0.559. The molecule has 33 heavy (non-hydrogen) atoms. The number of rotatable bonds is 23. The van der Waals surface area contributed by atoms with Crippen molar-refractivity contribution in [2.24, 2.45) is 0 Å². The molecule has 0 saturated carbocycles. The van der Waals surface area contributed by atoms with Gasteiger partial charge in [-0.15, -0.1) is 0 Å². The van der Waals surface area contributed by atoms with Crippen LogP contribution in [0.15, 0.2) is 18.5 Å². The van der Waals surface area contributed by atoms with Crippen LogP contribution in [0, 0.1) is 0 Å². The first-order valence-corrected chi connectivity index (χ1v) is 15.2. The van der Waals surface area contributed by atoms with Crippen molar-refractivity contribution in [1.29, 1.82) is 0 Å². The lowest BCUT2D eigenvalue weighted by Gasteiger charge is -2.08. The molecule has 192 valence electrons. The van der Waals surface area contributed by atoms with Gasteiger partial charge in [0.25, 0.3) is 0 Å². The van der Waals surface area contributed by atoms with Gasteiger partial charge in [0, 0.05) is 11.1 Å². The highest BCUT2D eigenvalue weighted by atomic mass is 15.0. The summed E-state index contributed by atoms with van der Waals surface area (Å²) >= 11 is 0. The second kappa shape index (κ2) is 21.7. The fourth-order valence-corrected chi connectivity index (χ4v) is 4.94. The molecule has 1 aromatic rings. The second-order valence-electron chi connectivity index (χ2n) is 11.0. The van der Waals surface area contributed by atoms with Gasteiger partial charge in [-0.05, 0) is 45.6 Å². The van der Waals surface area contributed by atoms with Gasteiger partial charge in [-0.25, -0.2) is 4.57 Å². The van der Waals surface area contributed by atoms with E-state index in [1.807, 2.05) is 0 Å². The van der Waals surface area contributed by atoms with Crippen molar-refractivity contribution in [3.8, 4) is 0 Å². The maximum atomic E-state index is 2.51. The number of aromatic nitrogens is 1. The van der Waals surface area contributed by atoms with Crippen LogP contribution >= 0.6 is 0 Å². The molecule has 1 heterocycles. The highest BCUT2D eigenvalue weighted by Gasteiger charge is 2.11. The third kappa shape index (κ3) is 17.3. The topological polar surface area (TPSA) is 3.88 Å². The predicted molar refractivity (Wildman–Crippen MR) is 148 cm³/mol. The maximum absolute atomic E-state index is 2.51.